The topological polar surface area (TPSA) is 79.6 Å². The Morgan fingerprint density at radius 1 is 1.29 bits per heavy atom. The van der Waals surface area contributed by atoms with E-state index >= 15 is 0 Å². The molecule has 1 spiro atoms. The number of sulfonamides is 1. The molecule has 4 rings (SSSR count). The van der Waals surface area contributed by atoms with E-state index < -0.39 is 16.0 Å². The van der Waals surface area contributed by atoms with Crippen molar-refractivity contribution in [2.24, 2.45) is 0 Å². The summed E-state index contributed by atoms with van der Waals surface area (Å²) in [5.41, 5.74) is 1.75. The van der Waals surface area contributed by atoms with Gasteiger partial charge in [-0.1, -0.05) is 18.2 Å². The fourth-order valence-corrected chi connectivity index (χ4v) is 5.18. The third kappa shape index (κ3) is 2.00. The first-order chi connectivity index (χ1) is 11.4. The third-order valence-electron chi connectivity index (χ3n) is 5.06. The van der Waals surface area contributed by atoms with E-state index in [0.717, 1.165) is 24.1 Å². The molecule has 1 saturated carbocycles. The molecular formula is C17H18N2O4S. The summed E-state index contributed by atoms with van der Waals surface area (Å²) in [6.07, 6.45) is 3.40. The highest BCUT2D eigenvalue weighted by molar-refractivity contribution is 7.92. The van der Waals surface area contributed by atoms with Crippen LogP contribution in [0.2, 0.25) is 0 Å². The second kappa shape index (κ2) is 4.86. The molecule has 0 unspecified atom stereocenters. The van der Waals surface area contributed by atoms with Gasteiger partial charge < -0.3 is 9.67 Å². The van der Waals surface area contributed by atoms with E-state index in [1.807, 2.05) is 24.3 Å². The maximum absolute atomic E-state index is 13.1. The van der Waals surface area contributed by atoms with E-state index in [2.05, 4.69) is 0 Å². The van der Waals surface area contributed by atoms with Crippen LogP contribution in [0.25, 0.3) is 0 Å². The number of anilines is 1. The zero-order valence-electron chi connectivity index (χ0n) is 13.3. The van der Waals surface area contributed by atoms with Crippen molar-refractivity contribution in [3.63, 3.8) is 0 Å². The quantitative estimate of drug-likeness (QED) is 0.922. The number of carbonyl (C=O) groups is 1. The third-order valence-corrected chi connectivity index (χ3v) is 6.79. The minimum Gasteiger partial charge on any atom is -0.477 e. The first-order valence-corrected chi connectivity index (χ1v) is 9.39. The van der Waals surface area contributed by atoms with Gasteiger partial charge in [-0.2, -0.15) is 0 Å². The largest absolute Gasteiger partial charge is 0.477 e. The van der Waals surface area contributed by atoms with Gasteiger partial charge in [0.25, 0.3) is 10.0 Å². The van der Waals surface area contributed by atoms with Gasteiger partial charge in [0.15, 0.2) is 0 Å². The lowest BCUT2D eigenvalue weighted by molar-refractivity contribution is 0.0685. The molecule has 0 amide bonds. The smallest absolute Gasteiger partial charge is 0.352 e. The average Bonchev–Trinajstić information content (AvgIpc) is 3.06. The van der Waals surface area contributed by atoms with Crippen LogP contribution >= 0.6 is 0 Å². The Kier molecular flexibility index (Phi) is 3.09. The number of nitrogens with zero attached hydrogens (tertiary/aromatic N) is 2. The number of aryl methyl sites for hydroxylation is 1. The van der Waals surface area contributed by atoms with Crippen molar-refractivity contribution < 1.29 is 18.3 Å². The Bertz CT molecular complexity index is 941. The predicted molar refractivity (Wildman–Crippen MR) is 89.0 cm³/mol. The maximum Gasteiger partial charge on any atom is 0.352 e. The highest BCUT2D eigenvalue weighted by Crippen LogP contribution is 2.57. The highest BCUT2D eigenvalue weighted by atomic mass is 32.2. The Morgan fingerprint density at radius 2 is 2.00 bits per heavy atom. The lowest BCUT2D eigenvalue weighted by Gasteiger charge is -2.19. The van der Waals surface area contributed by atoms with Crippen molar-refractivity contribution in [2.45, 2.75) is 36.6 Å². The zero-order valence-corrected chi connectivity index (χ0v) is 14.1. The molecule has 1 N–H and O–H groups in total. The predicted octanol–water partition coefficient (Wildman–Crippen LogP) is 2.45. The summed E-state index contributed by atoms with van der Waals surface area (Å²) >= 11 is 0. The van der Waals surface area contributed by atoms with Crippen LogP contribution in [-0.2, 0) is 22.0 Å². The van der Waals surface area contributed by atoms with Crippen LogP contribution < -0.4 is 4.31 Å². The van der Waals surface area contributed by atoms with Crippen LogP contribution in [0, 0.1) is 0 Å². The average molecular weight is 346 g/mol. The van der Waals surface area contributed by atoms with E-state index in [9.17, 15) is 18.3 Å². The number of carboxylic acid groups (broad SMARTS) is 1. The Morgan fingerprint density at radius 3 is 2.58 bits per heavy atom. The summed E-state index contributed by atoms with van der Waals surface area (Å²) in [4.78, 5) is 11.4. The van der Waals surface area contributed by atoms with Crippen LogP contribution in [0.5, 0.6) is 0 Å². The SMILES string of the molecule is CCn1cc(S(=O)(=O)N2CC3(CC3)c3ccccc32)cc1C(=O)O. The van der Waals surface area contributed by atoms with Crippen LogP contribution in [-0.4, -0.2) is 30.6 Å². The zero-order chi connectivity index (χ0) is 17.1. The molecule has 1 aliphatic carbocycles. The molecule has 1 aliphatic heterocycles. The van der Waals surface area contributed by atoms with Crippen molar-refractivity contribution in [1.82, 2.24) is 4.57 Å². The van der Waals surface area contributed by atoms with E-state index in [0.29, 0.717) is 13.1 Å². The van der Waals surface area contributed by atoms with Crippen molar-refractivity contribution in [3.8, 4) is 0 Å². The Hall–Kier alpha value is -2.28. The van der Waals surface area contributed by atoms with Gasteiger partial charge in [0.2, 0.25) is 0 Å². The summed E-state index contributed by atoms with van der Waals surface area (Å²) in [6.45, 7) is 2.62. The van der Waals surface area contributed by atoms with Crippen molar-refractivity contribution >= 4 is 21.7 Å². The Labute approximate surface area is 140 Å². The molecule has 6 nitrogen and oxygen atoms in total. The molecule has 0 atom stereocenters. The molecule has 0 bridgehead atoms. The summed E-state index contributed by atoms with van der Waals surface area (Å²) in [6, 6.07) is 8.85. The van der Waals surface area contributed by atoms with Crippen LogP contribution in [0.15, 0.2) is 41.4 Å². The van der Waals surface area contributed by atoms with E-state index in [4.69, 9.17) is 0 Å². The standard InChI is InChI=1S/C17H18N2O4S/c1-2-18-10-12(9-15(18)16(20)21)24(22,23)19-11-17(7-8-17)13-5-3-4-6-14(13)19/h3-6,9-10H,2,7-8,11H2,1H3,(H,20,21). The monoisotopic (exact) mass is 346 g/mol. The normalized spacial score (nSPS) is 18.0. The number of hydrogen-bond donors (Lipinski definition) is 1. The number of hydrogen-bond acceptors (Lipinski definition) is 3. The molecule has 126 valence electrons. The molecule has 2 heterocycles. The van der Waals surface area contributed by atoms with Crippen molar-refractivity contribution in [2.75, 3.05) is 10.8 Å². The van der Waals surface area contributed by atoms with Gasteiger partial charge in [0.05, 0.1) is 5.69 Å². The lowest BCUT2D eigenvalue weighted by Crippen LogP contribution is -2.31. The molecule has 2 aliphatic rings. The first-order valence-electron chi connectivity index (χ1n) is 7.95. The van der Waals surface area contributed by atoms with Gasteiger partial charge in [0, 0.05) is 24.7 Å². The molecule has 7 heteroatoms. The summed E-state index contributed by atoms with van der Waals surface area (Å²) in [5.74, 6) is -1.13. The lowest BCUT2D eigenvalue weighted by atomic mass is 9.99. The van der Waals surface area contributed by atoms with Crippen molar-refractivity contribution in [3.05, 3.63) is 47.8 Å². The minimum absolute atomic E-state index is 0.00954. The summed E-state index contributed by atoms with van der Waals surface area (Å²) in [5, 5.41) is 9.26. The number of fused-ring (bicyclic) bond motifs is 2. The van der Waals surface area contributed by atoms with Gasteiger partial charge >= 0.3 is 5.97 Å². The number of para-hydroxylation sites is 1. The summed E-state index contributed by atoms with van der Waals surface area (Å²) < 4.78 is 29.2. The van der Waals surface area contributed by atoms with E-state index in [1.54, 1.807) is 6.92 Å². The van der Waals surface area contributed by atoms with Gasteiger partial charge in [-0.05, 0) is 37.5 Å². The second-order valence-corrected chi connectivity index (χ2v) is 8.32. The van der Waals surface area contributed by atoms with E-state index in [1.165, 1.54) is 21.1 Å². The molecule has 0 saturated heterocycles. The highest BCUT2D eigenvalue weighted by Gasteiger charge is 2.54. The fourth-order valence-electron chi connectivity index (χ4n) is 3.57. The molecular weight excluding hydrogens is 328 g/mol. The Balaban J connectivity index is 1.81. The molecule has 2 aromatic rings. The second-order valence-electron chi connectivity index (χ2n) is 6.46. The number of aromatic nitrogens is 1. The number of aromatic carboxylic acids is 1. The molecule has 1 aromatic carbocycles. The molecule has 1 fully saturated rings. The number of rotatable bonds is 4. The van der Waals surface area contributed by atoms with Gasteiger partial charge in [-0.15, -0.1) is 0 Å². The first kappa shape index (κ1) is 15.3. The van der Waals surface area contributed by atoms with Crippen LogP contribution in [0.4, 0.5) is 5.69 Å². The molecule has 24 heavy (non-hydrogen) atoms. The van der Waals surface area contributed by atoms with Crippen molar-refractivity contribution in [1.29, 1.82) is 0 Å². The minimum atomic E-state index is -3.78. The maximum atomic E-state index is 13.1. The molecule has 0 radical (unpaired) electrons. The summed E-state index contributed by atoms with van der Waals surface area (Å²) in [7, 11) is -3.78. The van der Waals surface area contributed by atoms with E-state index in [-0.39, 0.29) is 16.0 Å². The van der Waals surface area contributed by atoms with Crippen LogP contribution in [0.3, 0.4) is 0 Å². The number of carboxylic acids is 1. The van der Waals surface area contributed by atoms with Gasteiger partial charge in [-0.3, -0.25) is 4.31 Å². The molecule has 1 aromatic heterocycles. The number of benzene rings is 1. The van der Waals surface area contributed by atoms with Gasteiger partial charge in [0.1, 0.15) is 10.6 Å². The van der Waals surface area contributed by atoms with Crippen LogP contribution in [0.1, 0.15) is 35.8 Å². The van der Waals surface area contributed by atoms with Gasteiger partial charge in [-0.25, -0.2) is 13.2 Å². The fraction of sp³-hybridized carbons (Fsp3) is 0.353.